The van der Waals surface area contributed by atoms with Crippen molar-refractivity contribution in [1.29, 1.82) is 0 Å². The lowest BCUT2D eigenvalue weighted by molar-refractivity contribution is -0.0257. The Kier molecular flexibility index (Phi) is 3.16. The van der Waals surface area contributed by atoms with Gasteiger partial charge in [-0.25, -0.2) is 5.11 Å². The zero-order valence-electron chi connectivity index (χ0n) is 6.51. The van der Waals surface area contributed by atoms with Gasteiger partial charge in [-0.3, -0.25) is 0 Å². The third kappa shape index (κ3) is 2.67. The van der Waals surface area contributed by atoms with Crippen molar-refractivity contribution in [3.8, 4) is 0 Å². The van der Waals surface area contributed by atoms with Gasteiger partial charge in [0.25, 0.3) is 0 Å². The summed E-state index contributed by atoms with van der Waals surface area (Å²) in [6.07, 6.45) is 4.71. The maximum Gasteiger partial charge on any atom is 0.113 e. The van der Waals surface area contributed by atoms with Gasteiger partial charge in [-0.1, -0.05) is 12.8 Å². The lowest BCUT2D eigenvalue weighted by Gasteiger charge is -2.10. The molecule has 0 spiro atoms. The third-order valence-electron chi connectivity index (χ3n) is 1.87. The first kappa shape index (κ1) is 8.02. The van der Waals surface area contributed by atoms with Crippen LogP contribution in [0.1, 0.15) is 32.6 Å². The van der Waals surface area contributed by atoms with E-state index in [1.807, 2.05) is 0 Å². The molecule has 0 aromatic rings. The van der Waals surface area contributed by atoms with Crippen LogP contribution in [-0.4, -0.2) is 18.8 Å². The highest BCUT2D eigenvalue weighted by molar-refractivity contribution is 4.66. The first-order valence-corrected chi connectivity index (χ1v) is 4.06. The summed E-state index contributed by atoms with van der Waals surface area (Å²) in [6, 6.07) is 0. The summed E-state index contributed by atoms with van der Waals surface area (Å²) in [5.41, 5.74) is 0. The predicted molar refractivity (Wildman–Crippen MR) is 38.4 cm³/mol. The lowest BCUT2D eigenvalue weighted by Crippen LogP contribution is -2.15. The molecule has 2 nitrogen and oxygen atoms in total. The SMILES string of the molecule is CC([O])COC1CCCC1. The molecular weight excluding hydrogens is 128 g/mol. The minimum Gasteiger partial charge on any atom is -0.375 e. The smallest absolute Gasteiger partial charge is 0.113 e. The molecule has 1 unspecified atom stereocenters. The molecule has 0 heterocycles. The second-order valence-electron chi connectivity index (χ2n) is 3.05. The van der Waals surface area contributed by atoms with Crippen molar-refractivity contribution >= 4 is 0 Å². The van der Waals surface area contributed by atoms with Crippen LogP contribution in [0.3, 0.4) is 0 Å². The fraction of sp³-hybridized carbons (Fsp3) is 1.00. The zero-order chi connectivity index (χ0) is 7.40. The first-order chi connectivity index (χ1) is 4.79. The van der Waals surface area contributed by atoms with Crippen LogP contribution in [0.5, 0.6) is 0 Å². The second kappa shape index (κ2) is 3.94. The van der Waals surface area contributed by atoms with Gasteiger partial charge in [0.2, 0.25) is 0 Å². The fourth-order valence-electron chi connectivity index (χ4n) is 1.33. The van der Waals surface area contributed by atoms with Gasteiger partial charge in [-0.2, -0.15) is 0 Å². The molecule has 1 aliphatic rings. The first-order valence-electron chi connectivity index (χ1n) is 4.06. The highest BCUT2D eigenvalue weighted by atomic mass is 16.5. The van der Waals surface area contributed by atoms with Crippen molar-refractivity contribution in [2.24, 2.45) is 0 Å². The van der Waals surface area contributed by atoms with Crippen LogP contribution in [0.15, 0.2) is 0 Å². The van der Waals surface area contributed by atoms with Crippen molar-refractivity contribution in [2.45, 2.75) is 44.8 Å². The van der Waals surface area contributed by atoms with E-state index in [9.17, 15) is 5.11 Å². The highest BCUT2D eigenvalue weighted by Crippen LogP contribution is 2.20. The number of hydrogen-bond donors (Lipinski definition) is 0. The fourth-order valence-corrected chi connectivity index (χ4v) is 1.33. The van der Waals surface area contributed by atoms with E-state index in [0.29, 0.717) is 12.7 Å². The lowest BCUT2D eigenvalue weighted by atomic mass is 10.3. The Morgan fingerprint density at radius 3 is 2.60 bits per heavy atom. The van der Waals surface area contributed by atoms with Gasteiger partial charge in [0.1, 0.15) is 6.10 Å². The molecular formula is C8H15O2. The summed E-state index contributed by atoms with van der Waals surface area (Å²) in [4.78, 5) is 0. The molecule has 0 aromatic heterocycles. The van der Waals surface area contributed by atoms with Crippen LogP contribution in [0.4, 0.5) is 0 Å². The standard InChI is InChI=1S/C8H15O2/c1-7(9)6-10-8-4-2-3-5-8/h7-8H,2-6H2,1H3. The van der Waals surface area contributed by atoms with Crippen LogP contribution < -0.4 is 0 Å². The summed E-state index contributed by atoms with van der Waals surface area (Å²) >= 11 is 0. The van der Waals surface area contributed by atoms with Gasteiger partial charge in [0.15, 0.2) is 0 Å². The van der Waals surface area contributed by atoms with Crippen molar-refractivity contribution in [1.82, 2.24) is 0 Å². The van der Waals surface area contributed by atoms with Gasteiger partial charge in [0, 0.05) is 0 Å². The van der Waals surface area contributed by atoms with Gasteiger partial charge in [-0.15, -0.1) is 0 Å². The molecule has 10 heavy (non-hydrogen) atoms. The molecule has 0 saturated heterocycles. The van der Waals surface area contributed by atoms with Crippen molar-refractivity contribution in [2.75, 3.05) is 6.61 Å². The van der Waals surface area contributed by atoms with E-state index in [2.05, 4.69) is 0 Å². The average Bonchev–Trinajstić information content (AvgIpc) is 2.34. The normalized spacial score (nSPS) is 23.4. The maximum absolute atomic E-state index is 10.6. The Hall–Kier alpha value is -0.0800. The summed E-state index contributed by atoms with van der Waals surface area (Å²) in [5.74, 6) is 0. The predicted octanol–water partition coefficient (Wildman–Crippen LogP) is 1.76. The summed E-state index contributed by atoms with van der Waals surface area (Å²) in [7, 11) is 0. The van der Waals surface area contributed by atoms with Crippen molar-refractivity contribution in [3.05, 3.63) is 0 Å². The largest absolute Gasteiger partial charge is 0.375 e. The minimum atomic E-state index is -0.555. The van der Waals surface area contributed by atoms with Crippen LogP contribution in [-0.2, 0) is 9.84 Å². The molecule has 2 heteroatoms. The average molecular weight is 143 g/mol. The van der Waals surface area contributed by atoms with E-state index in [4.69, 9.17) is 4.74 Å². The molecule has 0 bridgehead atoms. The van der Waals surface area contributed by atoms with E-state index in [0.717, 1.165) is 12.8 Å². The monoisotopic (exact) mass is 143 g/mol. The molecule has 1 fully saturated rings. The van der Waals surface area contributed by atoms with Crippen LogP contribution in [0.25, 0.3) is 0 Å². The summed E-state index contributed by atoms with van der Waals surface area (Å²) in [6.45, 7) is 2.04. The Bertz CT molecular complexity index is 85.3. The Balaban J connectivity index is 2.01. The Labute approximate surface area is 62.2 Å². The van der Waals surface area contributed by atoms with Crippen molar-refractivity contribution < 1.29 is 9.84 Å². The summed E-state index contributed by atoms with van der Waals surface area (Å²) in [5, 5.41) is 10.6. The molecule has 1 aliphatic carbocycles. The number of rotatable bonds is 3. The Morgan fingerprint density at radius 1 is 1.50 bits per heavy atom. The second-order valence-corrected chi connectivity index (χ2v) is 3.05. The van der Waals surface area contributed by atoms with E-state index in [1.165, 1.54) is 12.8 Å². The molecule has 1 rings (SSSR count). The van der Waals surface area contributed by atoms with E-state index in [-0.39, 0.29) is 0 Å². The quantitative estimate of drug-likeness (QED) is 0.592. The maximum atomic E-state index is 10.6. The molecule has 1 atom stereocenters. The molecule has 0 N–H and O–H groups in total. The number of ether oxygens (including phenoxy) is 1. The Morgan fingerprint density at radius 2 is 2.10 bits per heavy atom. The molecule has 1 radical (unpaired) electrons. The molecule has 0 aromatic carbocycles. The minimum absolute atomic E-state index is 0.394. The van der Waals surface area contributed by atoms with Crippen LogP contribution >= 0.6 is 0 Å². The molecule has 59 valence electrons. The van der Waals surface area contributed by atoms with Gasteiger partial charge < -0.3 is 4.74 Å². The topological polar surface area (TPSA) is 29.1 Å². The van der Waals surface area contributed by atoms with E-state index < -0.39 is 6.10 Å². The van der Waals surface area contributed by atoms with Gasteiger partial charge in [0.05, 0.1) is 12.7 Å². The van der Waals surface area contributed by atoms with Crippen molar-refractivity contribution in [3.63, 3.8) is 0 Å². The summed E-state index contributed by atoms with van der Waals surface area (Å²) < 4.78 is 5.35. The highest BCUT2D eigenvalue weighted by Gasteiger charge is 2.15. The van der Waals surface area contributed by atoms with E-state index in [1.54, 1.807) is 6.92 Å². The molecule has 0 amide bonds. The molecule has 1 saturated carbocycles. The third-order valence-corrected chi connectivity index (χ3v) is 1.87. The van der Waals surface area contributed by atoms with E-state index >= 15 is 0 Å². The van der Waals surface area contributed by atoms with Crippen LogP contribution in [0.2, 0.25) is 0 Å². The van der Waals surface area contributed by atoms with Gasteiger partial charge >= 0.3 is 0 Å². The zero-order valence-corrected chi connectivity index (χ0v) is 6.51. The molecule has 0 aliphatic heterocycles. The van der Waals surface area contributed by atoms with Crippen LogP contribution in [0, 0.1) is 0 Å². The van der Waals surface area contributed by atoms with Gasteiger partial charge in [-0.05, 0) is 19.8 Å². The number of hydrogen-bond acceptors (Lipinski definition) is 1.